The number of benzene rings is 1. The van der Waals surface area contributed by atoms with Gasteiger partial charge in [-0.15, -0.1) is 0 Å². The summed E-state index contributed by atoms with van der Waals surface area (Å²) in [6, 6.07) is 10.6. The molecule has 1 fully saturated rings. The highest BCUT2D eigenvalue weighted by Gasteiger charge is 2.27. The first kappa shape index (κ1) is 19.0. The maximum atomic E-state index is 13.4. The fourth-order valence-corrected chi connectivity index (χ4v) is 3.38. The van der Waals surface area contributed by atoms with Crippen LogP contribution in [-0.2, 0) is 11.2 Å². The number of rotatable bonds is 6. The Hall–Kier alpha value is -3.35. The Morgan fingerprint density at radius 1 is 1.17 bits per heavy atom. The summed E-state index contributed by atoms with van der Waals surface area (Å²) in [5.74, 6) is 0.118. The number of aromatic nitrogens is 3. The number of amides is 1. The van der Waals surface area contributed by atoms with E-state index in [2.05, 4.69) is 20.3 Å². The van der Waals surface area contributed by atoms with Gasteiger partial charge in [0.1, 0.15) is 11.6 Å². The van der Waals surface area contributed by atoms with E-state index >= 15 is 0 Å². The third kappa shape index (κ3) is 4.56. The minimum absolute atomic E-state index is 0.00947. The van der Waals surface area contributed by atoms with E-state index in [-0.39, 0.29) is 23.2 Å². The molecule has 0 radical (unpaired) electrons. The zero-order valence-corrected chi connectivity index (χ0v) is 15.8. The van der Waals surface area contributed by atoms with Crippen molar-refractivity contribution in [3.63, 3.8) is 0 Å². The quantitative estimate of drug-likeness (QED) is 0.675. The molecule has 1 aromatic carbocycles. The lowest BCUT2D eigenvalue weighted by Crippen LogP contribution is -2.38. The van der Waals surface area contributed by atoms with E-state index in [1.165, 1.54) is 18.2 Å². The highest BCUT2D eigenvalue weighted by molar-refractivity contribution is 5.79. The average molecular weight is 392 g/mol. The topological polar surface area (TPSA) is 87.7 Å². The second-order valence-corrected chi connectivity index (χ2v) is 7.27. The summed E-state index contributed by atoms with van der Waals surface area (Å²) in [6.45, 7) is 0. The van der Waals surface area contributed by atoms with Gasteiger partial charge in [-0.1, -0.05) is 18.6 Å². The van der Waals surface area contributed by atoms with Gasteiger partial charge in [0, 0.05) is 36.4 Å². The van der Waals surface area contributed by atoms with E-state index in [0.717, 1.165) is 30.4 Å². The summed E-state index contributed by atoms with van der Waals surface area (Å²) in [6.07, 6.45) is 6.41. The maximum Gasteiger partial charge on any atom is 0.251 e. The van der Waals surface area contributed by atoms with Crippen LogP contribution in [-0.4, -0.2) is 20.9 Å². The molecule has 0 unspecified atom stereocenters. The second-order valence-electron chi connectivity index (χ2n) is 7.27. The van der Waals surface area contributed by atoms with E-state index in [1.54, 1.807) is 36.7 Å². The molecule has 1 atom stereocenters. The van der Waals surface area contributed by atoms with Crippen LogP contribution in [0.4, 0.5) is 4.39 Å². The zero-order chi connectivity index (χ0) is 20.2. The van der Waals surface area contributed by atoms with Gasteiger partial charge in [-0.2, -0.15) is 0 Å². The van der Waals surface area contributed by atoms with Crippen molar-refractivity contribution in [1.82, 2.24) is 20.3 Å². The average Bonchev–Trinajstić information content (AvgIpc) is 2.67. The summed E-state index contributed by atoms with van der Waals surface area (Å²) in [7, 11) is 0. The maximum absolute atomic E-state index is 13.4. The highest BCUT2D eigenvalue weighted by Crippen LogP contribution is 2.28. The molecule has 1 aliphatic carbocycles. The van der Waals surface area contributed by atoms with Gasteiger partial charge in [0.15, 0.2) is 0 Å². The predicted octanol–water partition coefficient (Wildman–Crippen LogP) is 3.17. The smallest absolute Gasteiger partial charge is 0.251 e. The van der Waals surface area contributed by atoms with Crippen molar-refractivity contribution < 1.29 is 9.18 Å². The van der Waals surface area contributed by atoms with Crippen LogP contribution in [0.25, 0.3) is 11.4 Å². The fraction of sp³-hybridized carbons (Fsp3) is 0.273. The van der Waals surface area contributed by atoms with E-state index in [9.17, 15) is 14.0 Å². The fourth-order valence-electron chi connectivity index (χ4n) is 3.38. The number of carbonyl (C=O) groups excluding carboxylic acids is 1. The third-order valence-corrected chi connectivity index (χ3v) is 5.23. The molecule has 1 aliphatic rings. The monoisotopic (exact) mass is 392 g/mol. The molecule has 4 rings (SSSR count). The molecule has 2 aromatic heterocycles. The van der Waals surface area contributed by atoms with Crippen LogP contribution in [0, 0.1) is 11.7 Å². The zero-order valence-electron chi connectivity index (χ0n) is 15.8. The first-order chi connectivity index (χ1) is 14.1. The first-order valence-corrected chi connectivity index (χ1v) is 9.65. The Bertz CT molecular complexity index is 1050. The van der Waals surface area contributed by atoms with Gasteiger partial charge in [-0.3, -0.25) is 14.6 Å². The molecule has 1 amide bonds. The number of pyridine rings is 1. The van der Waals surface area contributed by atoms with Crippen LogP contribution in [0.2, 0.25) is 0 Å². The Morgan fingerprint density at radius 3 is 2.55 bits per heavy atom. The van der Waals surface area contributed by atoms with Gasteiger partial charge >= 0.3 is 0 Å². The van der Waals surface area contributed by atoms with E-state index in [1.807, 2.05) is 0 Å². The van der Waals surface area contributed by atoms with Gasteiger partial charge in [0.2, 0.25) is 5.91 Å². The lowest BCUT2D eigenvalue weighted by molar-refractivity contribution is -0.128. The molecule has 1 saturated carbocycles. The number of carbonyl (C=O) groups is 1. The summed E-state index contributed by atoms with van der Waals surface area (Å²) in [4.78, 5) is 36.0. The molecular weight excluding hydrogens is 371 g/mol. The predicted molar refractivity (Wildman–Crippen MR) is 106 cm³/mol. The van der Waals surface area contributed by atoms with Gasteiger partial charge in [-0.05, 0) is 42.7 Å². The molecule has 0 aliphatic heterocycles. The summed E-state index contributed by atoms with van der Waals surface area (Å²) in [5, 5.41) is 3.06. The molecule has 29 heavy (non-hydrogen) atoms. The van der Waals surface area contributed by atoms with Crippen molar-refractivity contribution in [3.8, 4) is 11.4 Å². The van der Waals surface area contributed by atoms with Crippen LogP contribution in [0.5, 0.6) is 0 Å². The molecule has 148 valence electrons. The van der Waals surface area contributed by atoms with E-state index in [0.29, 0.717) is 17.9 Å². The number of aromatic amines is 1. The lowest BCUT2D eigenvalue weighted by atomic mass is 9.84. The lowest BCUT2D eigenvalue weighted by Gasteiger charge is -2.27. The Morgan fingerprint density at radius 2 is 1.90 bits per heavy atom. The van der Waals surface area contributed by atoms with Gasteiger partial charge < -0.3 is 10.3 Å². The number of H-pyrrole nitrogens is 1. The van der Waals surface area contributed by atoms with Crippen molar-refractivity contribution in [2.75, 3.05) is 0 Å². The van der Waals surface area contributed by atoms with Crippen molar-refractivity contribution >= 4 is 5.91 Å². The van der Waals surface area contributed by atoms with E-state index in [4.69, 9.17) is 0 Å². The molecule has 7 heteroatoms. The van der Waals surface area contributed by atoms with Crippen molar-refractivity contribution in [2.24, 2.45) is 5.92 Å². The third-order valence-electron chi connectivity index (χ3n) is 5.23. The molecule has 6 nitrogen and oxygen atoms in total. The number of hydrogen-bond acceptors (Lipinski definition) is 4. The van der Waals surface area contributed by atoms with E-state index < -0.39 is 6.04 Å². The SMILES string of the molecule is O=C(N[C@H](Cc1cc(=O)[nH]c(-c2ccncc2)n1)c1ccc(F)cc1)C1CCC1. The molecule has 2 heterocycles. The Balaban J connectivity index is 1.63. The summed E-state index contributed by atoms with van der Waals surface area (Å²) in [5.41, 5.74) is 1.79. The minimum atomic E-state index is -0.400. The molecule has 3 aromatic rings. The Kier molecular flexibility index (Phi) is 5.46. The molecular formula is C22H21FN4O2. The number of nitrogens with zero attached hydrogens (tertiary/aromatic N) is 2. The summed E-state index contributed by atoms with van der Waals surface area (Å²) < 4.78 is 13.4. The summed E-state index contributed by atoms with van der Waals surface area (Å²) >= 11 is 0. The second kappa shape index (κ2) is 8.34. The van der Waals surface area contributed by atoms with Crippen molar-refractivity contribution in [2.45, 2.75) is 31.7 Å². The first-order valence-electron chi connectivity index (χ1n) is 9.65. The van der Waals surface area contributed by atoms with Gasteiger partial charge in [0.05, 0.1) is 11.7 Å². The van der Waals surface area contributed by atoms with Crippen molar-refractivity contribution in [1.29, 1.82) is 0 Å². The number of nitrogens with one attached hydrogen (secondary N) is 2. The standard InChI is InChI=1S/C22H21FN4O2/c23-17-6-4-14(5-7-17)19(26-22(29)16-2-1-3-16)12-18-13-20(28)27-21(25-18)15-8-10-24-11-9-15/h4-11,13,16,19H,1-3,12H2,(H,26,29)(H,25,27,28)/t19-/m1/s1. The van der Waals surface area contributed by atoms with Crippen LogP contribution in [0.1, 0.15) is 36.6 Å². The normalized spacial score (nSPS) is 14.8. The molecule has 0 bridgehead atoms. The van der Waals surface area contributed by atoms with Crippen LogP contribution >= 0.6 is 0 Å². The highest BCUT2D eigenvalue weighted by atomic mass is 19.1. The molecule has 0 saturated heterocycles. The van der Waals surface area contributed by atoms with Crippen LogP contribution in [0.3, 0.4) is 0 Å². The minimum Gasteiger partial charge on any atom is -0.349 e. The molecule has 0 spiro atoms. The van der Waals surface area contributed by atoms with Crippen molar-refractivity contribution in [3.05, 3.63) is 82.3 Å². The number of halogens is 1. The molecule has 2 N–H and O–H groups in total. The Labute approximate surface area is 167 Å². The number of hydrogen-bond donors (Lipinski definition) is 2. The van der Waals surface area contributed by atoms with Gasteiger partial charge in [-0.25, -0.2) is 9.37 Å². The van der Waals surface area contributed by atoms with Crippen LogP contribution in [0.15, 0.2) is 59.7 Å². The largest absolute Gasteiger partial charge is 0.349 e. The van der Waals surface area contributed by atoms with Gasteiger partial charge in [0.25, 0.3) is 5.56 Å². The van der Waals surface area contributed by atoms with Crippen LogP contribution < -0.4 is 10.9 Å².